The molecule has 0 N–H and O–H groups in total. The van der Waals surface area contributed by atoms with Crippen LogP contribution in [-0.2, 0) is 4.79 Å². The summed E-state index contributed by atoms with van der Waals surface area (Å²) in [6.07, 6.45) is -0.0195. The molecule has 0 amide bonds. The highest BCUT2D eigenvalue weighted by molar-refractivity contribution is 9.09. The van der Waals surface area contributed by atoms with E-state index in [4.69, 9.17) is 0 Å². The summed E-state index contributed by atoms with van der Waals surface area (Å²) < 4.78 is 0. The maximum absolute atomic E-state index is 11.5. The van der Waals surface area contributed by atoms with Gasteiger partial charge in [0.2, 0.25) is 0 Å². The van der Waals surface area contributed by atoms with Gasteiger partial charge in [0.05, 0.1) is 11.8 Å². The standard InChI is InChI=1S/C11H11BrO2/c1-8-2-4-9(5-3-8)11(14)6-10(13)7-12/h2-5H,6-7H2,1H3. The lowest BCUT2D eigenvalue weighted by molar-refractivity contribution is -0.115. The Labute approximate surface area is 91.4 Å². The van der Waals surface area contributed by atoms with Crippen molar-refractivity contribution >= 4 is 27.5 Å². The molecule has 0 spiro atoms. The summed E-state index contributed by atoms with van der Waals surface area (Å²) in [5, 5.41) is 0.241. The highest BCUT2D eigenvalue weighted by Crippen LogP contribution is 2.06. The van der Waals surface area contributed by atoms with Crippen molar-refractivity contribution in [2.24, 2.45) is 0 Å². The van der Waals surface area contributed by atoms with E-state index in [2.05, 4.69) is 15.9 Å². The number of rotatable bonds is 4. The fraction of sp³-hybridized carbons (Fsp3) is 0.273. The molecule has 1 aromatic rings. The van der Waals surface area contributed by atoms with Crippen LogP contribution in [0.1, 0.15) is 22.3 Å². The van der Waals surface area contributed by atoms with E-state index in [-0.39, 0.29) is 23.3 Å². The van der Waals surface area contributed by atoms with Crippen LogP contribution in [-0.4, -0.2) is 16.9 Å². The molecule has 3 heteroatoms. The van der Waals surface area contributed by atoms with Gasteiger partial charge in [-0.2, -0.15) is 0 Å². The fourth-order valence-corrected chi connectivity index (χ4v) is 1.27. The van der Waals surface area contributed by atoms with Crippen molar-refractivity contribution in [2.45, 2.75) is 13.3 Å². The van der Waals surface area contributed by atoms with Crippen LogP contribution in [0.2, 0.25) is 0 Å². The van der Waals surface area contributed by atoms with Gasteiger partial charge < -0.3 is 0 Å². The Balaban J connectivity index is 2.70. The molecular formula is C11H11BrO2. The maximum Gasteiger partial charge on any atom is 0.170 e. The number of hydrogen-bond acceptors (Lipinski definition) is 2. The minimum Gasteiger partial charge on any atom is -0.298 e. The van der Waals surface area contributed by atoms with E-state index in [1.54, 1.807) is 12.1 Å². The van der Waals surface area contributed by atoms with E-state index in [0.717, 1.165) is 5.56 Å². The number of benzene rings is 1. The van der Waals surface area contributed by atoms with Gasteiger partial charge in [0.15, 0.2) is 11.6 Å². The lowest BCUT2D eigenvalue weighted by Gasteiger charge is -1.99. The zero-order chi connectivity index (χ0) is 10.6. The first-order valence-corrected chi connectivity index (χ1v) is 5.43. The molecule has 0 saturated heterocycles. The third-order valence-electron chi connectivity index (χ3n) is 1.88. The molecule has 74 valence electrons. The lowest BCUT2D eigenvalue weighted by atomic mass is 10.1. The number of alkyl halides is 1. The van der Waals surface area contributed by atoms with Crippen molar-refractivity contribution < 1.29 is 9.59 Å². The number of Topliss-reactive ketones (excluding diaryl/α,β-unsaturated/α-hetero) is 2. The van der Waals surface area contributed by atoms with Crippen molar-refractivity contribution in [3.63, 3.8) is 0 Å². The number of aryl methyl sites for hydroxylation is 1. The highest BCUT2D eigenvalue weighted by Gasteiger charge is 2.09. The quantitative estimate of drug-likeness (QED) is 0.470. The number of halogens is 1. The van der Waals surface area contributed by atoms with Crippen LogP contribution in [0.4, 0.5) is 0 Å². The van der Waals surface area contributed by atoms with Crippen LogP contribution in [0.15, 0.2) is 24.3 Å². The molecule has 1 aromatic carbocycles. The van der Waals surface area contributed by atoms with Crippen LogP contribution < -0.4 is 0 Å². The zero-order valence-electron chi connectivity index (χ0n) is 7.92. The summed E-state index contributed by atoms with van der Waals surface area (Å²) in [7, 11) is 0. The number of carbonyl (C=O) groups excluding carboxylic acids is 2. The van der Waals surface area contributed by atoms with Gasteiger partial charge in [0.1, 0.15) is 0 Å². The SMILES string of the molecule is Cc1ccc(C(=O)CC(=O)CBr)cc1. The second-order valence-corrected chi connectivity index (χ2v) is 3.70. The van der Waals surface area contributed by atoms with Gasteiger partial charge in [-0.1, -0.05) is 45.8 Å². The average molecular weight is 255 g/mol. The predicted octanol–water partition coefficient (Wildman–Crippen LogP) is 2.53. The van der Waals surface area contributed by atoms with Crippen LogP contribution in [0.5, 0.6) is 0 Å². The third kappa shape index (κ3) is 3.07. The molecule has 0 atom stereocenters. The number of carbonyl (C=O) groups is 2. The lowest BCUT2D eigenvalue weighted by Crippen LogP contribution is -2.08. The van der Waals surface area contributed by atoms with Crippen LogP contribution >= 0.6 is 15.9 Å². The molecule has 14 heavy (non-hydrogen) atoms. The highest BCUT2D eigenvalue weighted by atomic mass is 79.9. The van der Waals surface area contributed by atoms with Crippen molar-refractivity contribution in [1.82, 2.24) is 0 Å². The Morgan fingerprint density at radius 3 is 2.29 bits per heavy atom. The topological polar surface area (TPSA) is 34.1 Å². The van der Waals surface area contributed by atoms with E-state index in [1.165, 1.54) is 0 Å². The smallest absolute Gasteiger partial charge is 0.170 e. The maximum atomic E-state index is 11.5. The Morgan fingerprint density at radius 2 is 1.79 bits per heavy atom. The molecule has 0 heterocycles. The van der Waals surface area contributed by atoms with Crippen molar-refractivity contribution in [3.05, 3.63) is 35.4 Å². The third-order valence-corrected chi connectivity index (χ3v) is 2.51. The van der Waals surface area contributed by atoms with Gasteiger partial charge in [0.25, 0.3) is 0 Å². The first-order valence-electron chi connectivity index (χ1n) is 4.31. The Hall–Kier alpha value is -0.960. The summed E-state index contributed by atoms with van der Waals surface area (Å²) in [4.78, 5) is 22.5. The second kappa shape index (κ2) is 5.05. The molecule has 0 aliphatic rings. The van der Waals surface area contributed by atoms with Gasteiger partial charge >= 0.3 is 0 Å². The number of ketones is 2. The molecule has 2 nitrogen and oxygen atoms in total. The van der Waals surface area contributed by atoms with Crippen LogP contribution in [0, 0.1) is 6.92 Å². The first kappa shape index (κ1) is 11.1. The fourth-order valence-electron chi connectivity index (χ4n) is 1.07. The summed E-state index contributed by atoms with van der Waals surface area (Å²) in [6, 6.07) is 7.23. The van der Waals surface area contributed by atoms with Gasteiger partial charge in [-0.25, -0.2) is 0 Å². The normalized spacial score (nSPS) is 9.86. The molecule has 0 radical (unpaired) electrons. The van der Waals surface area contributed by atoms with Gasteiger partial charge in [-0.05, 0) is 6.92 Å². The Bertz CT molecular complexity index is 341. The molecule has 0 unspecified atom stereocenters. The number of hydrogen-bond donors (Lipinski definition) is 0. The van der Waals surface area contributed by atoms with Crippen molar-refractivity contribution in [3.8, 4) is 0 Å². The van der Waals surface area contributed by atoms with Gasteiger partial charge in [-0.3, -0.25) is 9.59 Å². The van der Waals surface area contributed by atoms with Gasteiger partial charge in [0, 0.05) is 5.56 Å². The molecular weight excluding hydrogens is 244 g/mol. The monoisotopic (exact) mass is 254 g/mol. The van der Waals surface area contributed by atoms with E-state index in [1.807, 2.05) is 19.1 Å². The minimum absolute atomic E-state index is 0.0195. The summed E-state index contributed by atoms with van der Waals surface area (Å²) >= 11 is 3.03. The summed E-state index contributed by atoms with van der Waals surface area (Å²) in [6.45, 7) is 1.96. The average Bonchev–Trinajstić information content (AvgIpc) is 2.18. The molecule has 1 rings (SSSR count). The predicted molar refractivity (Wildman–Crippen MR) is 58.9 cm³/mol. The van der Waals surface area contributed by atoms with Gasteiger partial charge in [-0.15, -0.1) is 0 Å². The summed E-state index contributed by atoms with van der Waals surface area (Å²) in [5.41, 5.74) is 1.71. The molecule has 0 bridgehead atoms. The van der Waals surface area contributed by atoms with E-state index in [9.17, 15) is 9.59 Å². The molecule has 0 fully saturated rings. The largest absolute Gasteiger partial charge is 0.298 e. The molecule has 0 aromatic heterocycles. The van der Waals surface area contributed by atoms with E-state index in [0.29, 0.717) is 5.56 Å². The van der Waals surface area contributed by atoms with Crippen LogP contribution in [0.3, 0.4) is 0 Å². The van der Waals surface area contributed by atoms with Crippen molar-refractivity contribution in [1.29, 1.82) is 0 Å². The Kier molecular flexibility index (Phi) is 4.01. The second-order valence-electron chi connectivity index (χ2n) is 3.14. The molecule has 0 aliphatic heterocycles. The summed E-state index contributed by atoms with van der Waals surface area (Å²) in [5.74, 6) is -0.204. The van der Waals surface area contributed by atoms with Crippen LogP contribution in [0.25, 0.3) is 0 Å². The zero-order valence-corrected chi connectivity index (χ0v) is 9.50. The molecule has 0 aliphatic carbocycles. The van der Waals surface area contributed by atoms with Crippen molar-refractivity contribution in [2.75, 3.05) is 5.33 Å². The molecule has 0 saturated carbocycles. The Morgan fingerprint density at radius 1 is 1.21 bits per heavy atom. The minimum atomic E-state index is -0.116. The first-order chi connectivity index (χ1) is 6.63. The van der Waals surface area contributed by atoms with E-state index >= 15 is 0 Å². The van der Waals surface area contributed by atoms with E-state index < -0.39 is 0 Å².